The Bertz CT molecular complexity index is 294. The van der Waals surface area contributed by atoms with E-state index >= 15 is 0 Å². The number of aromatic nitrogens is 2. The highest BCUT2D eigenvalue weighted by Gasteiger charge is 2.20. The molecule has 1 aliphatic rings. The fourth-order valence-electron chi connectivity index (χ4n) is 1.76. The Morgan fingerprint density at radius 2 is 2.21 bits per heavy atom. The SMILES string of the molecule is NCCCc1cc(C2CCC2)ncn1. The fourth-order valence-corrected chi connectivity index (χ4v) is 1.76. The van der Waals surface area contributed by atoms with Crippen LogP contribution >= 0.6 is 0 Å². The van der Waals surface area contributed by atoms with Gasteiger partial charge in [-0.05, 0) is 38.3 Å². The van der Waals surface area contributed by atoms with Crippen molar-refractivity contribution in [2.24, 2.45) is 5.73 Å². The predicted octanol–water partition coefficient (Wildman–Crippen LogP) is 1.64. The molecule has 0 spiro atoms. The van der Waals surface area contributed by atoms with Gasteiger partial charge in [-0.3, -0.25) is 0 Å². The Morgan fingerprint density at radius 3 is 2.86 bits per heavy atom. The molecule has 2 rings (SSSR count). The Hall–Kier alpha value is -0.960. The van der Waals surface area contributed by atoms with Crippen LogP contribution in [-0.4, -0.2) is 16.5 Å². The molecule has 2 N–H and O–H groups in total. The first-order valence-electron chi connectivity index (χ1n) is 5.41. The van der Waals surface area contributed by atoms with Gasteiger partial charge in [0, 0.05) is 17.3 Å². The molecule has 1 aliphatic carbocycles. The van der Waals surface area contributed by atoms with Crippen LogP contribution in [0.4, 0.5) is 0 Å². The number of hydrogen-bond acceptors (Lipinski definition) is 3. The molecule has 0 saturated heterocycles. The highest BCUT2D eigenvalue weighted by atomic mass is 14.8. The van der Waals surface area contributed by atoms with E-state index in [1.165, 1.54) is 25.0 Å². The van der Waals surface area contributed by atoms with Gasteiger partial charge in [0.1, 0.15) is 6.33 Å². The second-order valence-corrected chi connectivity index (χ2v) is 3.95. The highest BCUT2D eigenvalue weighted by molar-refractivity contribution is 5.14. The lowest BCUT2D eigenvalue weighted by Crippen LogP contribution is -2.11. The number of rotatable bonds is 4. The number of hydrogen-bond donors (Lipinski definition) is 1. The van der Waals surface area contributed by atoms with Crippen molar-refractivity contribution in [2.75, 3.05) is 6.54 Å². The molecule has 3 heteroatoms. The van der Waals surface area contributed by atoms with E-state index in [0.29, 0.717) is 5.92 Å². The van der Waals surface area contributed by atoms with E-state index < -0.39 is 0 Å². The molecule has 0 radical (unpaired) electrons. The summed E-state index contributed by atoms with van der Waals surface area (Å²) in [4.78, 5) is 8.58. The van der Waals surface area contributed by atoms with E-state index in [-0.39, 0.29) is 0 Å². The van der Waals surface area contributed by atoms with Crippen molar-refractivity contribution in [2.45, 2.75) is 38.0 Å². The maximum Gasteiger partial charge on any atom is 0.115 e. The summed E-state index contributed by atoms with van der Waals surface area (Å²) < 4.78 is 0. The van der Waals surface area contributed by atoms with E-state index in [4.69, 9.17) is 5.73 Å². The summed E-state index contributed by atoms with van der Waals surface area (Å²) >= 11 is 0. The van der Waals surface area contributed by atoms with Crippen LogP contribution in [-0.2, 0) is 6.42 Å². The monoisotopic (exact) mass is 191 g/mol. The summed E-state index contributed by atoms with van der Waals surface area (Å²) in [5.74, 6) is 0.703. The molecule has 0 aromatic carbocycles. The minimum Gasteiger partial charge on any atom is -0.330 e. The van der Waals surface area contributed by atoms with Gasteiger partial charge in [0.05, 0.1) is 0 Å². The first-order valence-corrected chi connectivity index (χ1v) is 5.41. The molecule has 0 unspecified atom stereocenters. The minimum atomic E-state index is 0.703. The molecule has 1 aromatic rings. The smallest absolute Gasteiger partial charge is 0.115 e. The lowest BCUT2D eigenvalue weighted by molar-refractivity contribution is 0.410. The third-order valence-corrected chi connectivity index (χ3v) is 2.91. The summed E-state index contributed by atoms with van der Waals surface area (Å²) in [5, 5.41) is 0. The van der Waals surface area contributed by atoms with Gasteiger partial charge in [-0.1, -0.05) is 6.42 Å². The lowest BCUT2D eigenvalue weighted by atomic mass is 9.82. The molecular weight excluding hydrogens is 174 g/mol. The summed E-state index contributed by atoms with van der Waals surface area (Å²) in [5.41, 5.74) is 7.85. The predicted molar refractivity (Wildman–Crippen MR) is 56.0 cm³/mol. The Labute approximate surface area is 84.8 Å². The van der Waals surface area contributed by atoms with Gasteiger partial charge in [0.25, 0.3) is 0 Å². The van der Waals surface area contributed by atoms with E-state index in [0.717, 1.165) is 25.1 Å². The maximum atomic E-state index is 5.47. The summed E-state index contributed by atoms with van der Waals surface area (Å²) in [6.07, 6.45) is 7.65. The van der Waals surface area contributed by atoms with Gasteiger partial charge >= 0.3 is 0 Å². The first-order chi connectivity index (χ1) is 6.90. The maximum absolute atomic E-state index is 5.47. The van der Waals surface area contributed by atoms with E-state index in [1.54, 1.807) is 6.33 Å². The van der Waals surface area contributed by atoms with Crippen LogP contribution in [0, 0.1) is 0 Å². The first kappa shape index (κ1) is 9.59. The molecule has 0 aliphatic heterocycles. The largest absolute Gasteiger partial charge is 0.330 e. The van der Waals surface area contributed by atoms with Gasteiger partial charge < -0.3 is 5.73 Å². The van der Waals surface area contributed by atoms with E-state index in [1.807, 2.05) is 0 Å². The van der Waals surface area contributed by atoms with Crippen molar-refractivity contribution in [3.8, 4) is 0 Å². The minimum absolute atomic E-state index is 0.703. The fraction of sp³-hybridized carbons (Fsp3) is 0.636. The van der Waals surface area contributed by atoms with E-state index in [2.05, 4.69) is 16.0 Å². The molecule has 76 valence electrons. The van der Waals surface area contributed by atoms with Crippen molar-refractivity contribution in [3.05, 3.63) is 23.8 Å². The number of aryl methyl sites for hydroxylation is 1. The third-order valence-electron chi connectivity index (χ3n) is 2.91. The Morgan fingerprint density at radius 1 is 1.36 bits per heavy atom. The quantitative estimate of drug-likeness (QED) is 0.787. The molecular formula is C11H17N3. The van der Waals surface area contributed by atoms with Gasteiger partial charge in [0.2, 0.25) is 0 Å². The Kier molecular flexibility index (Phi) is 3.09. The zero-order valence-electron chi connectivity index (χ0n) is 8.45. The second-order valence-electron chi connectivity index (χ2n) is 3.95. The van der Waals surface area contributed by atoms with Crippen molar-refractivity contribution in [1.29, 1.82) is 0 Å². The summed E-state index contributed by atoms with van der Waals surface area (Å²) in [6.45, 7) is 0.739. The molecule has 0 bridgehead atoms. The van der Waals surface area contributed by atoms with Crippen molar-refractivity contribution < 1.29 is 0 Å². The molecule has 0 amide bonds. The van der Waals surface area contributed by atoms with E-state index in [9.17, 15) is 0 Å². The average Bonchev–Trinajstić information content (AvgIpc) is 2.13. The van der Waals surface area contributed by atoms with Gasteiger partial charge in [0.15, 0.2) is 0 Å². The molecule has 3 nitrogen and oxygen atoms in total. The van der Waals surface area contributed by atoms with Crippen molar-refractivity contribution in [1.82, 2.24) is 9.97 Å². The van der Waals surface area contributed by atoms with Crippen LogP contribution in [0.1, 0.15) is 43.0 Å². The topological polar surface area (TPSA) is 51.8 Å². The van der Waals surface area contributed by atoms with Gasteiger partial charge in [-0.25, -0.2) is 9.97 Å². The highest BCUT2D eigenvalue weighted by Crippen LogP contribution is 2.35. The molecule has 14 heavy (non-hydrogen) atoms. The van der Waals surface area contributed by atoms with Crippen LogP contribution in [0.25, 0.3) is 0 Å². The molecule has 1 heterocycles. The standard InChI is InChI=1S/C11H17N3/c12-6-2-5-10-7-11(14-8-13-10)9-3-1-4-9/h7-9H,1-6,12H2. The van der Waals surface area contributed by atoms with Crippen LogP contribution in [0.2, 0.25) is 0 Å². The third kappa shape index (κ3) is 2.10. The average molecular weight is 191 g/mol. The van der Waals surface area contributed by atoms with Crippen molar-refractivity contribution >= 4 is 0 Å². The summed E-state index contributed by atoms with van der Waals surface area (Å²) in [6, 6.07) is 2.15. The zero-order chi connectivity index (χ0) is 9.80. The van der Waals surface area contributed by atoms with Crippen LogP contribution in [0.3, 0.4) is 0 Å². The zero-order valence-corrected chi connectivity index (χ0v) is 8.45. The molecule has 1 aromatic heterocycles. The molecule has 0 atom stereocenters. The molecule has 1 fully saturated rings. The Balaban J connectivity index is 2.02. The van der Waals surface area contributed by atoms with Crippen LogP contribution < -0.4 is 5.73 Å². The summed E-state index contributed by atoms with van der Waals surface area (Å²) in [7, 11) is 0. The number of nitrogens with zero attached hydrogens (tertiary/aromatic N) is 2. The van der Waals surface area contributed by atoms with Crippen LogP contribution in [0.5, 0.6) is 0 Å². The van der Waals surface area contributed by atoms with Gasteiger partial charge in [-0.15, -0.1) is 0 Å². The van der Waals surface area contributed by atoms with Crippen LogP contribution in [0.15, 0.2) is 12.4 Å². The molecule has 1 saturated carbocycles. The van der Waals surface area contributed by atoms with Crippen molar-refractivity contribution in [3.63, 3.8) is 0 Å². The normalized spacial score (nSPS) is 16.6. The lowest BCUT2D eigenvalue weighted by Gasteiger charge is -2.24. The second kappa shape index (κ2) is 4.51. The number of nitrogens with two attached hydrogens (primary N) is 1. The van der Waals surface area contributed by atoms with Gasteiger partial charge in [-0.2, -0.15) is 0 Å².